The highest BCUT2D eigenvalue weighted by Gasteiger charge is 2.07. The Bertz CT molecular complexity index is 611. The molecular formula is C15H14FNO2. The molecular weight excluding hydrogens is 245 g/mol. The molecule has 1 amide bonds. The molecule has 0 aromatic heterocycles. The summed E-state index contributed by atoms with van der Waals surface area (Å²) >= 11 is 0. The molecule has 0 fully saturated rings. The van der Waals surface area contributed by atoms with Crippen molar-refractivity contribution in [2.45, 2.75) is 13.3 Å². The number of hydrogen-bond donors (Lipinski definition) is 2. The van der Waals surface area contributed by atoms with E-state index in [1.165, 1.54) is 24.3 Å². The van der Waals surface area contributed by atoms with E-state index in [4.69, 9.17) is 0 Å². The van der Waals surface area contributed by atoms with Crippen LogP contribution in [0.5, 0.6) is 5.75 Å². The maximum Gasteiger partial charge on any atom is 0.228 e. The van der Waals surface area contributed by atoms with Crippen molar-refractivity contribution in [2.75, 3.05) is 5.32 Å². The van der Waals surface area contributed by atoms with Gasteiger partial charge in [0, 0.05) is 5.69 Å². The average Bonchev–Trinajstić information content (AvgIpc) is 2.34. The van der Waals surface area contributed by atoms with Crippen LogP contribution >= 0.6 is 0 Å². The lowest BCUT2D eigenvalue weighted by Gasteiger charge is -2.08. The zero-order valence-corrected chi connectivity index (χ0v) is 10.5. The Balaban J connectivity index is 2.07. The Morgan fingerprint density at radius 2 is 2.05 bits per heavy atom. The van der Waals surface area contributed by atoms with Gasteiger partial charge in [-0.15, -0.1) is 0 Å². The van der Waals surface area contributed by atoms with Gasteiger partial charge in [0.2, 0.25) is 5.91 Å². The number of rotatable bonds is 3. The predicted octanol–water partition coefficient (Wildman–Crippen LogP) is 3.02. The first-order chi connectivity index (χ1) is 9.04. The van der Waals surface area contributed by atoms with E-state index >= 15 is 0 Å². The first kappa shape index (κ1) is 13.1. The Morgan fingerprint density at radius 3 is 2.79 bits per heavy atom. The molecule has 0 bridgehead atoms. The summed E-state index contributed by atoms with van der Waals surface area (Å²) in [5, 5.41) is 12.0. The normalized spacial score (nSPS) is 10.2. The molecule has 3 nitrogen and oxygen atoms in total. The summed E-state index contributed by atoms with van der Waals surface area (Å²) in [5.74, 6) is -0.523. The number of phenols is 1. The molecule has 0 saturated carbocycles. The van der Waals surface area contributed by atoms with E-state index < -0.39 is 5.82 Å². The Hall–Kier alpha value is -2.36. The number of aryl methyl sites for hydroxylation is 1. The van der Waals surface area contributed by atoms with Crippen molar-refractivity contribution in [3.8, 4) is 5.75 Å². The average molecular weight is 259 g/mol. The second-order valence-corrected chi connectivity index (χ2v) is 4.35. The maximum atomic E-state index is 13.1. The molecule has 0 unspecified atom stereocenters. The zero-order chi connectivity index (χ0) is 13.8. The van der Waals surface area contributed by atoms with Crippen molar-refractivity contribution in [1.29, 1.82) is 0 Å². The summed E-state index contributed by atoms with van der Waals surface area (Å²) in [4.78, 5) is 11.8. The van der Waals surface area contributed by atoms with Crippen LogP contribution in [0.1, 0.15) is 11.1 Å². The quantitative estimate of drug-likeness (QED) is 0.890. The van der Waals surface area contributed by atoms with Gasteiger partial charge < -0.3 is 10.4 Å². The highest BCUT2D eigenvalue weighted by atomic mass is 19.1. The van der Waals surface area contributed by atoms with E-state index in [2.05, 4.69) is 5.32 Å². The van der Waals surface area contributed by atoms with Crippen molar-refractivity contribution in [1.82, 2.24) is 0 Å². The predicted molar refractivity (Wildman–Crippen MR) is 71.6 cm³/mol. The number of amides is 1. The summed E-state index contributed by atoms with van der Waals surface area (Å²) in [6, 6.07) is 10.7. The fourth-order valence-electron chi connectivity index (χ4n) is 1.78. The van der Waals surface area contributed by atoms with Crippen molar-refractivity contribution in [3.63, 3.8) is 0 Å². The maximum absolute atomic E-state index is 13.1. The highest BCUT2D eigenvalue weighted by molar-refractivity contribution is 5.93. The van der Waals surface area contributed by atoms with Gasteiger partial charge in [-0.2, -0.15) is 0 Å². The summed E-state index contributed by atoms with van der Waals surface area (Å²) in [7, 11) is 0. The van der Waals surface area contributed by atoms with Crippen molar-refractivity contribution >= 4 is 11.6 Å². The van der Waals surface area contributed by atoms with Gasteiger partial charge in [-0.3, -0.25) is 4.79 Å². The number of benzene rings is 2. The summed E-state index contributed by atoms with van der Waals surface area (Å²) in [6.07, 6.45) is 0.129. The smallest absolute Gasteiger partial charge is 0.228 e. The van der Waals surface area contributed by atoms with Crippen LogP contribution in [0.2, 0.25) is 0 Å². The summed E-state index contributed by atoms with van der Waals surface area (Å²) in [5.41, 5.74) is 1.96. The van der Waals surface area contributed by atoms with Crippen molar-refractivity contribution < 1.29 is 14.3 Å². The monoisotopic (exact) mass is 259 g/mol. The zero-order valence-electron chi connectivity index (χ0n) is 10.5. The molecule has 0 aliphatic heterocycles. The molecule has 2 aromatic carbocycles. The van der Waals surface area contributed by atoms with Gasteiger partial charge in [0.05, 0.1) is 6.42 Å². The van der Waals surface area contributed by atoms with Crippen LogP contribution in [0.3, 0.4) is 0 Å². The van der Waals surface area contributed by atoms with Gasteiger partial charge in [-0.05, 0) is 42.3 Å². The highest BCUT2D eigenvalue weighted by Crippen LogP contribution is 2.17. The van der Waals surface area contributed by atoms with Crippen LogP contribution in [-0.2, 0) is 11.2 Å². The Morgan fingerprint density at radius 1 is 1.26 bits per heavy atom. The molecule has 2 N–H and O–H groups in total. The van der Waals surface area contributed by atoms with Crippen LogP contribution in [0.15, 0.2) is 42.5 Å². The molecule has 19 heavy (non-hydrogen) atoms. The van der Waals surface area contributed by atoms with E-state index in [1.807, 2.05) is 0 Å². The second kappa shape index (κ2) is 5.52. The van der Waals surface area contributed by atoms with Crippen LogP contribution in [0.4, 0.5) is 10.1 Å². The van der Waals surface area contributed by atoms with Crippen LogP contribution < -0.4 is 5.32 Å². The number of carbonyl (C=O) groups excluding carboxylic acids is 1. The van der Waals surface area contributed by atoms with Gasteiger partial charge in [0.15, 0.2) is 0 Å². The van der Waals surface area contributed by atoms with E-state index in [0.29, 0.717) is 11.3 Å². The number of aromatic hydroxyl groups is 1. The third kappa shape index (κ3) is 3.55. The first-order valence-corrected chi connectivity index (χ1v) is 5.88. The molecule has 0 saturated heterocycles. The standard InChI is InChI=1S/C15H14FNO2/c1-10-5-6-12(16)9-14(10)17-15(19)8-11-3-2-4-13(18)7-11/h2-7,9,18H,8H2,1H3,(H,17,19). The lowest BCUT2D eigenvalue weighted by atomic mass is 10.1. The first-order valence-electron chi connectivity index (χ1n) is 5.88. The molecule has 2 rings (SSSR count). The number of carbonyl (C=O) groups is 1. The molecule has 0 spiro atoms. The van der Waals surface area contributed by atoms with Gasteiger partial charge in [-0.25, -0.2) is 4.39 Å². The van der Waals surface area contributed by atoms with Crippen LogP contribution in [0.25, 0.3) is 0 Å². The molecule has 0 aliphatic rings. The van der Waals surface area contributed by atoms with Gasteiger partial charge in [0.25, 0.3) is 0 Å². The molecule has 0 heterocycles. The lowest BCUT2D eigenvalue weighted by Crippen LogP contribution is -2.15. The van der Waals surface area contributed by atoms with E-state index in [-0.39, 0.29) is 18.1 Å². The summed E-state index contributed by atoms with van der Waals surface area (Å²) < 4.78 is 13.1. The minimum absolute atomic E-state index is 0.118. The van der Waals surface area contributed by atoms with Gasteiger partial charge >= 0.3 is 0 Å². The number of phenolic OH excluding ortho intramolecular Hbond substituents is 1. The number of anilines is 1. The second-order valence-electron chi connectivity index (χ2n) is 4.35. The third-order valence-electron chi connectivity index (χ3n) is 2.75. The Labute approximate surface area is 110 Å². The van der Waals surface area contributed by atoms with E-state index in [9.17, 15) is 14.3 Å². The van der Waals surface area contributed by atoms with Crippen LogP contribution in [-0.4, -0.2) is 11.0 Å². The topological polar surface area (TPSA) is 49.3 Å². The van der Waals surface area contributed by atoms with Gasteiger partial charge in [0.1, 0.15) is 11.6 Å². The number of nitrogens with one attached hydrogen (secondary N) is 1. The molecule has 0 atom stereocenters. The molecule has 4 heteroatoms. The lowest BCUT2D eigenvalue weighted by molar-refractivity contribution is -0.115. The number of halogens is 1. The largest absolute Gasteiger partial charge is 0.508 e. The fourth-order valence-corrected chi connectivity index (χ4v) is 1.78. The van der Waals surface area contributed by atoms with Gasteiger partial charge in [-0.1, -0.05) is 18.2 Å². The Kier molecular flexibility index (Phi) is 3.80. The van der Waals surface area contributed by atoms with E-state index in [0.717, 1.165) is 5.56 Å². The van der Waals surface area contributed by atoms with Crippen molar-refractivity contribution in [3.05, 3.63) is 59.4 Å². The molecule has 2 aromatic rings. The SMILES string of the molecule is Cc1ccc(F)cc1NC(=O)Cc1cccc(O)c1. The fraction of sp³-hybridized carbons (Fsp3) is 0.133. The van der Waals surface area contributed by atoms with Crippen LogP contribution in [0, 0.1) is 12.7 Å². The molecule has 0 radical (unpaired) electrons. The molecule has 0 aliphatic carbocycles. The minimum Gasteiger partial charge on any atom is -0.508 e. The number of hydrogen-bond acceptors (Lipinski definition) is 2. The third-order valence-corrected chi connectivity index (χ3v) is 2.75. The van der Waals surface area contributed by atoms with Crippen molar-refractivity contribution in [2.24, 2.45) is 0 Å². The summed E-state index contributed by atoms with van der Waals surface area (Å²) in [6.45, 7) is 1.80. The molecule has 98 valence electrons. The van der Waals surface area contributed by atoms with E-state index in [1.54, 1.807) is 25.1 Å². The minimum atomic E-state index is -0.391.